The van der Waals surface area contributed by atoms with Gasteiger partial charge in [-0.05, 0) is 25.5 Å². The molecule has 0 saturated carbocycles. The van der Waals surface area contributed by atoms with Crippen molar-refractivity contribution in [1.29, 1.82) is 0 Å². The first-order valence-electron chi connectivity index (χ1n) is 5.46. The minimum Gasteiger partial charge on any atom is -0.379 e. The van der Waals surface area contributed by atoms with Gasteiger partial charge in [-0.1, -0.05) is 0 Å². The van der Waals surface area contributed by atoms with Gasteiger partial charge in [-0.15, -0.1) is 0 Å². The minimum absolute atomic E-state index is 0.213. The molecule has 17 heavy (non-hydrogen) atoms. The Hall–Kier alpha value is -1.66. The molecule has 1 aromatic heterocycles. The highest BCUT2D eigenvalue weighted by Crippen LogP contribution is 2.18. The van der Waals surface area contributed by atoms with Crippen LogP contribution in [0.15, 0.2) is 18.3 Å². The first-order valence-corrected chi connectivity index (χ1v) is 5.46. The SMILES string of the molecule is CC1(NC(=O)c2cc(NN)ccn2)CCOC1. The van der Waals surface area contributed by atoms with Crippen molar-refractivity contribution in [2.24, 2.45) is 5.84 Å². The number of amides is 1. The molecule has 92 valence electrons. The molecule has 2 rings (SSSR count). The fourth-order valence-electron chi connectivity index (χ4n) is 1.75. The van der Waals surface area contributed by atoms with E-state index in [1.165, 1.54) is 6.20 Å². The summed E-state index contributed by atoms with van der Waals surface area (Å²) in [5.74, 6) is 5.07. The van der Waals surface area contributed by atoms with Gasteiger partial charge in [0, 0.05) is 12.8 Å². The Labute approximate surface area is 99.5 Å². The average Bonchev–Trinajstić information content (AvgIpc) is 2.76. The van der Waals surface area contributed by atoms with Crippen LogP contribution in [0.4, 0.5) is 5.69 Å². The molecule has 6 heteroatoms. The van der Waals surface area contributed by atoms with Crippen molar-refractivity contribution in [1.82, 2.24) is 10.3 Å². The lowest BCUT2D eigenvalue weighted by Gasteiger charge is -2.23. The Morgan fingerprint density at radius 2 is 2.47 bits per heavy atom. The van der Waals surface area contributed by atoms with Gasteiger partial charge in [0.25, 0.3) is 5.91 Å². The summed E-state index contributed by atoms with van der Waals surface area (Å²) in [6.07, 6.45) is 2.35. The largest absolute Gasteiger partial charge is 0.379 e. The zero-order valence-electron chi connectivity index (χ0n) is 9.69. The topological polar surface area (TPSA) is 89.3 Å². The van der Waals surface area contributed by atoms with Crippen LogP contribution in [0.3, 0.4) is 0 Å². The Balaban J connectivity index is 2.08. The first-order chi connectivity index (χ1) is 8.13. The highest BCUT2D eigenvalue weighted by molar-refractivity contribution is 5.93. The highest BCUT2D eigenvalue weighted by Gasteiger charge is 2.31. The van der Waals surface area contributed by atoms with Gasteiger partial charge in [0.15, 0.2) is 0 Å². The fraction of sp³-hybridized carbons (Fsp3) is 0.455. The van der Waals surface area contributed by atoms with Gasteiger partial charge in [0.05, 0.1) is 17.8 Å². The number of aromatic nitrogens is 1. The van der Waals surface area contributed by atoms with E-state index in [9.17, 15) is 4.79 Å². The van der Waals surface area contributed by atoms with Crippen molar-refractivity contribution in [3.63, 3.8) is 0 Å². The normalized spacial score (nSPS) is 23.4. The number of hydrogen-bond acceptors (Lipinski definition) is 5. The fourth-order valence-corrected chi connectivity index (χ4v) is 1.75. The van der Waals surface area contributed by atoms with Crippen molar-refractivity contribution < 1.29 is 9.53 Å². The van der Waals surface area contributed by atoms with Crippen LogP contribution in [-0.4, -0.2) is 29.6 Å². The molecule has 6 nitrogen and oxygen atoms in total. The molecule has 1 saturated heterocycles. The maximum atomic E-state index is 12.0. The van der Waals surface area contributed by atoms with Crippen molar-refractivity contribution in [2.75, 3.05) is 18.6 Å². The molecular weight excluding hydrogens is 220 g/mol. The number of pyridine rings is 1. The smallest absolute Gasteiger partial charge is 0.270 e. The molecule has 4 N–H and O–H groups in total. The van der Waals surface area contributed by atoms with Gasteiger partial charge in [0.2, 0.25) is 0 Å². The maximum Gasteiger partial charge on any atom is 0.270 e. The van der Waals surface area contributed by atoms with Crippen LogP contribution in [-0.2, 0) is 4.74 Å². The van der Waals surface area contributed by atoms with Crippen molar-refractivity contribution >= 4 is 11.6 Å². The number of nitrogens with zero attached hydrogens (tertiary/aromatic N) is 1. The van der Waals surface area contributed by atoms with Crippen LogP contribution in [0.2, 0.25) is 0 Å². The van der Waals surface area contributed by atoms with Gasteiger partial charge < -0.3 is 15.5 Å². The molecule has 1 atom stereocenters. The number of nitrogens with two attached hydrogens (primary N) is 1. The molecule has 1 aromatic rings. The average molecular weight is 236 g/mol. The number of rotatable bonds is 3. The maximum absolute atomic E-state index is 12.0. The van der Waals surface area contributed by atoms with E-state index in [1.807, 2.05) is 6.92 Å². The zero-order valence-corrected chi connectivity index (χ0v) is 9.69. The Morgan fingerprint density at radius 3 is 3.12 bits per heavy atom. The van der Waals surface area contributed by atoms with E-state index in [-0.39, 0.29) is 11.4 Å². The summed E-state index contributed by atoms with van der Waals surface area (Å²) in [5.41, 5.74) is 3.17. The molecule has 0 spiro atoms. The lowest BCUT2D eigenvalue weighted by atomic mass is 10.0. The summed E-state index contributed by atoms with van der Waals surface area (Å²) in [5, 5.41) is 2.93. The van der Waals surface area contributed by atoms with Crippen LogP contribution >= 0.6 is 0 Å². The molecule has 2 heterocycles. The van der Waals surface area contributed by atoms with E-state index in [0.717, 1.165) is 6.42 Å². The van der Waals surface area contributed by atoms with Gasteiger partial charge in [-0.2, -0.15) is 0 Å². The monoisotopic (exact) mass is 236 g/mol. The number of nitrogens with one attached hydrogen (secondary N) is 2. The van der Waals surface area contributed by atoms with Gasteiger partial charge >= 0.3 is 0 Å². The van der Waals surface area contributed by atoms with Crippen LogP contribution in [0.25, 0.3) is 0 Å². The number of carbonyl (C=O) groups excluding carboxylic acids is 1. The number of carbonyl (C=O) groups is 1. The Kier molecular flexibility index (Phi) is 3.26. The third-order valence-corrected chi connectivity index (χ3v) is 2.79. The molecular formula is C11H16N4O2. The zero-order chi connectivity index (χ0) is 12.3. The quantitative estimate of drug-likeness (QED) is 0.518. The van der Waals surface area contributed by atoms with Crippen LogP contribution in [0.1, 0.15) is 23.8 Å². The van der Waals surface area contributed by atoms with E-state index in [2.05, 4.69) is 15.7 Å². The van der Waals surface area contributed by atoms with E-state index in [4.69, 9.17) is 10.6 Å². The predicted octanol–water partition coefficient (Wildman–Crippen LogP) is 0.276. The second kappa shape index (κ2) is 4.68. The Bertz CT molecular complexity index is 416. The van der Waals surface area contributed by atoms with Crippen LogP contribution < -0.4 is 16.6 Å². The van der Waals surface area contributed by atoms with Crippen molar-refractivity contribution in [3.05, 3.63) is 24.0 Å². The standard InChI is InChI=1S/C11H16N4O2/c1-11(3-5-17-7-11)14-10(16)9-6-8(15-12)2-4-13-9/h2,4,6H,3,5,7,12H2,1H3,(H,13,15)(H,14,16). The van der Waals surface area contributed by atoms with E-state index < -0.39 is 0 Å². The van der Waals surface area contributed by atoms with E-state index in [0.29, 0.717) is 24.6 Å². The second-order valence-electron chi connectivity index (χ2n) is 4.39. The number of anilines is 1. The number of hydrogen-bond donors (Lipinski definition) is 3. The Morgan fingerprint density at radius 1 is 1.65 bits per heavy atom. The lowest BCUT2D eigenvalue weighted by molar-refractivity contribution is 0.0885. The number of hydrazine groups is 1. The lowest BCUT2D eigenvalue weighted by Crippen LogP contribution is -2.46. The van der Waals surface area contributed by atoms with Gasteiger partial charge in [-0.3, -0.25) is 15.6 Å². The molecule has 0 aromatic carbocycles. The summed E-state index contributed by atoms with van der Waals surface area (Å²) in [7, 11) is 0. The van der Waals surface area contributed by atoms with Gasteiger partial charge in [0.1, 0.15) is 5.69 Å². The molecule has 0 aliphatic carbocycles. The van der Waals surface area contributed by atoms with Crippen molar-refractivity contribution in [3.8, 4) is 0 Å². The summed E-state index contributed by atoms with van der Waals surface area (Å²) >= 11 is 0. The first kappa shape index (κ1) is 11.8. The molecule has 1 unspecified atom stereocenters. The van der Waals surface area contributed by atoms with Crippen LogP contribution in [0.5, 0.6) is 0 Å². The van der Waals surface area contributed by atoms with E-state index >= 15 is 0 Å². The third-order valence-electron chi connectivity index (χ3n) is 2.79. The molecule has 0 bridgehead atoms. The summed E-state index contributed by atoms with van der Waals surface area (Å²) < 4.78 is 5.27. The summed E-state index contributed by atoms with van der Waals surface area (Å²) in [6, 6.07) is 3.30. The second-order valence-corrected chi connectivity index (χ2v) is 4.39. The summed E-state index contributed by atoms with van der Waals surface area (Å²) in [6.45, 7) is 3.17. The minimum atomic E-state index is -0.301. The molecule has 0 radical (unpaired) electrons. The van der Waals surface area contributed by atoms with Crippen molar-refractivity contribution in [2.45, 2.75) is 18.9 Å². The summed E-state index contributed by atoms with van der Waals surface area (Å²) in [4.78, 5) is 16.0. The highest BCUT2D eigenvalue weighted by atomic mass is 16.5. The molecule has 1 aliphatic heterocycles. The molecule has 1 amide bonds. The van der Waals surface area contributed by atoms with Crippen LogP contribution in [0, 0.1) is 0 Å². The number of nitrogen functional groups attached to an aromatic ring is 1. The third kappa shape index (κ3) is 2.72. The number of ether oxygens (including phenoxy) is 1. The molecule has 1 fully saturated rings. The van der Waals surface area contributed by atoms with Gasteiger partial charge in [-0.25, -0.2) is 0 Å². The predicted molar refractivity (Wildman–Crippen MR) is 63.4 cm³/mol. The van der Waals surface area contributed by atoms with E-state index in [1.54, 1.807) is 12.1 Å². The molecule has 1 aliphatic rings.